The zero-order valence-electron chi connectivity index (χ0n) is 17.5. The van der Waals surface area contributed by atoms with Crippen LogP contribution < -0.4 is 10.0 Å². The van der Waals surface area contributed by atoms with Crippen molar-refractivity contribution in [2.45, 2.75) is 52.5 Å². The van der Waals surface area contributed by atoms with E-state index in [4.69, 9.17) is 0 Å². The molecule has 1 atom stereocenters. The second kappa shape index (κ2) is 14.6. The van der Waals surface area contributed by atoms with E-state index >= 15 is 0 Å². The lowest BCUT2D eigenvalue weighted by atomic mass is 10.00. The van der Waals surface area contributed by atoms with Gasteiger partial charge in [-0.1, -0.05) is 69.0 Å². The number of hydrogen-bond donors (Lipinski definition) is 2. The largest absolute Gasteiger partial charge is 0.313 e. The highest BCUT2D eigenvalue weighted by Gasteiger charge is 2.12. The van der Waals surface area contributed by atoms with Gasteiger partial charge in [-0.2, -0.15) is 0 Å². The lowest BCUT2D eigenvalue weighted by molar-refractivity contribution is 0.402. The topological polar surface area (TPSA) is 24.1 Å². The van der Waals surface area contributed by atoms with Gasteiger partial charge in [0.05, 0.1) is 5.56 Å². The molecule has 1 fully saturated rings. The van der Waals surface area contributed by atoms with E-state index < -0.39 is 11.6 Å². The van der Waals surface area contributed by atoms with Crippen molar-refractivity contribution in [3.63, 3.8) is 0 Å². The fourth-order valence-electron chi connectivity index (χ4n) is 2.89. The third-order valence-electron chi connectivity index (χ3n) is 4.26. The van der Waals surface area contributed by atoms with Crippen LogP contribution in [0.1, 0.15) is 45.1 Å². The Hall–Kier alpha value is -1.43. The first-order chi connectivity index (χ1) is 13.5. The highest BCUT2D eigenvalue weighted by molar-refractivity contribution is 7.96. The van der Waals surface area contributed by atoms with Crippen LogP contribution in [0, 0.1) is 18.6 Å². The van der Waals surface area contributed by atoms with Crippen LogP contribution in [0.4, 0.5) is 8.78 Å². The molecule has 1 saturated heterocycles. The van der Waals surface area contributed by atoms with Gasteiger partial charge in [-0.3, -0.25) is 4.72 Å². The van der Waals surface area contributed by atoms with Crippen LogP contribution in [0.25, 0.3) is 11.1 Å². The van der Waals surface area contributed by atoms with E-state index in [0.29, 0.717) is 5.56 Å². The first-order valence-electron chi connectivity index (χ1n) is 10.0. The number of hydrogen-bond acceptors (Lipinski definition) is 3. The quantitative estimate of drug-likeness (QED) is 0.576. The molecule has 0 saturated carbocycles. The van der Waals surface area contributed by atoms with Crippen molar-refractivity contribution in [3.05, 3.63) is 59.7 Å². The van der Waals surface area contributed by atoms with Gasteiger partial charge < -0.3 is 5.32 Å². The number of aryl methyl sites for hydroxylation is 1. The fourth-order valence-corrected chi connectivity index (χ4v) is 3.26. The molecule has 0 aromatic heterocycles. The Morgan fingerprint density at radius 1 is 1.04 bits per heavy atom. The zero-order chi connectivity index (χ0) is 20.8. The third kappa shape index (κ3) is 8.72. The molecule has 1 aliphatic rings. The Kier molecular flexibility index (Phi) is 12.8. The highest BCUT2D eigenvalue weighted by Crippen LogP contribution is 2.28. The Morgan fingerprint density at radius 3 is 2.21 bits per heavy atom. The molecule has 5 heteroatoms. The maximum Gasteiger partial charge on any atom is 0.133 e. The third-order valence-corrected chi connectivity index (χ3v) is 4.72. The molecular formula is C23H34F2N2S. The van der Waals surface area contributed by atoms with Gasteiger partial charge >= 0.3 is 0 Å². The molecule has 2 aromatic rings. The van der Waals surface area contributed by atoms with E-state index in [-0.39, 0.29) is 5.56 Å². The van der Waals surface area contributed by atoms with E-state index in [2.05, 4.69) is 30.1 Å². The summed E-state index contributed by atoms with van der Waals surface area (Å²) in [7, 11) is 0. The Morgan fingerprint density at radius 2 is 1.68 bits per heavy atom. The number of piperidine rings is 1. The van der Waals surface area contributed by atoms with Crippen molar-refractivity contribution in [3.8, 4) is 11.1 Å². The number of halogens is 2. The number of nitrogens with one attached hydrogen (secondary N) is 2. The summed E-state index contributed by atoms with van der Waals surface area (Å²) in [6.07, 6.45) is 7.42. The molecule has 2 nitrogen and oxygen atoms in total. The van der Waals surface area contributed by atoms with Crippen LogP contribution in [-0.4, -0.2) is 25.4 Å². The lowest BCUT2D eigenvalue weighted by Crippen LogP contribution is -2.40. The van der Waals surface area contributed by atoms with E-state index in [1.165, 1.54) is 50.4 Å². The van der Waals surface area contributed by atoms with Gasteiger partial charge in [0.1, 0.15) is 11.6 Å². The minimum atomic E-state index is -0.524. The predicted octanol–water partition coefficient (Wildman–Crippen LogP) is 6.35. The summed E-state index contributed by atoms with van der Waals surface area (Å²) < 4.78 is 30.2. The van der Waals surface area contributed by atoms with Gasteiger partial charge in [0.25, 0.3) is 0 Å². The van der Waals surface area contributed by atoms with E-state index in [9.17, 15) is 8.78 Å². The normalized spacial score (nSPS) is 15.7. The molecule has 0 aliphatic carbocycles. The van der Waals surface area contributed by atoms with Crippen LogP contribution in [0.2, 0.25) is 0 Å². The van der Waals surface area contributed by atoms with Gasteiger partial charge in [0.15, 0.2) is 0 Å². The SMILES string of the molecule is CCC.CSNCC1CCCCN1.Cc1ccccc1-c1c(F)cccc1F. The first-order valence-corrected chi connectivity index (χ1v) is 11.3. The van der Waals surface area contributed by atoms with Crippen molar-refractivity contribution in [1.29, 1.82) is 0 Å². The number of benzene rings is 2. The molecule has 3 rings (SSSR count). The predicted molar refractivity (Wildman–Crippen MR) is 120 cm³/mol. The van der Waals surface area contributed by atoms with Crippen LogP contribution in [0.5, 0.6) is 0 Å². The molecule has 156 valence electrons. The standard InChI is InChI=1S/C13H10F2.C7H16N2S.C3H8/c1-9-5-2-3-6-10(9)13-11(14)7-4-8-12(13)15;1-10-9-6-7-4-2-3-5-8-7;1-3-2/h2-8H,1H3;7-9H,2-6H2,1H3;3H2,1-2H3. The smallest absolute Gasteiger partial charge is 0.133 e. The average molecular weight is 409 g/mol. The second-order valence-electron chi connectivity index (χ2n) is 6.82. The summed E-state index contributed by atoms with van der Waals surface area (Å²) in [5.74, 6) is -1.05. The summed E-state index contributed by atoms with van der Waals surface area (Å²) in [6, 6.07) is 11.8. The number of rotatable bonds is 4. The summed E-state index contributed by atoms with van der Waals surface area (Å²) >= 11 is 1.71. The van der Waals surface area contributed by atoms with Crippen molar-refractivity contribution in [1.82, 2.24) is 10.0 Å². The van der Waals surface area contributed by atoms with E-state index in [1.807, 2.05) is 19.1 Å². The Balaban J connectivity index is 0.000000261. The van der Waals surface area contributed by atoms with Crippen molar-refractivity contribution < 1.29 is 8.78 Å². The highest BCUT2D eigenvalue weighted by atomic mass is 32.2. The van der Waals surface area contributed by atoms with Crippen molar-refractivity contribution in [2.75, 3.05) is 19.3 Å². The van der Waals surface area contributed by atoms with Gasteiger partial charge in [0.2, 0.25) is 0 Å². The molecule has 0 bridgehead atoms. The lowest BCUT2D eigenvalue weighted by Gasteiger charge is -2.22. The monoisotopic (exact) mass is 408 g/mol. The minimum absolute atomic E-state index is 0.0515. The Labute approximate surface area is 173 Å². The van der Waals surface area contributed by atoms with Crippen LogP contribution in [-0.2, 0) is 0 Å². The van der Waals surface area contributed by atoms with Crippen LogP contribution >= 0.6 is 11.9 Å². The molecule has 28 heavy (non-hydrogen) atoms. The molecule has 1 aliphatic heterocycles. The molecule has 0 amide bonds. The van der Waals surface area contributed by atoms with E-state index in [0.717, 1.165) is 18.2 Å². The summed E-state index contributed by atoms with van der Waals surface area (Å²) in [5.41, 5.74) is 1.52. The van der Waals surface area contributed by atoms with E-state index in [1.54, 1.807) is 24.1 Å². The fraction of sp³-hybridized carbons (Fsp3) is 0.478. The zero-order valence-corrected chi connectivity index (χ0v) is 18.3. The molecule has 0 radical (unpaired) electrons. The summed E-state index contributed by atoms with van der Waals surface area (Å²) in [5, 5.41) is 3.48. The molecule has 2 aromatic carbocycles. The van der Waals surface area contributed by atoms with Gasteiger partial charge in [-0.25, -0.2) is 8.78 Å². The van der Waals surface area contributed by atoms with Crippen molar-refractivity contribution >= 4 is 11.9 Å². The maximum atomic E-state index is 13.5. The second-order valence-corrected chi connectivity index (χ2v) is 7.52. The average Bonchev–Trinajstić information content (AvgIpc) is 2.70. The molecule has 1 unspecified atom stereocenters. The summed E-state index contributed by atoms with van der Waals surface area (Å²) in [4.78, 5) is 0. The van der Waals surface area contributed by atoms with Crippen LogP contribution in [0.15, 0.2) is 42.5 Å². The molecule has 1 heterocycles. The van der Waals surface area contributed by atoms with Crippen molar-refractivity contribution in [2.24, 2.45) is 0 Å². The maximum absolute atomic E-state index is 13.5. The molecular weight excluding hydrogens is 374 g/mol. The minimum Gasteiger partial charge on any atom is -0.313 e. The molecule has 2 N–H and O–H groups in total. The van der Waals surface area contributed by atoms with Gasteiger partial charge in [-0.05, 0) is 55.8 Å². The van der Waals surface area contributed by atoms with Crippen LogP contribution in [0.3, 0.4) is 0 Å². The van der Waals surface area contributed by atoms with Gasteiger partial charge in [-0.15, -0.1) is 0 Å². The first kappa shape index (κ1) is 24.6. The van der Waals surface area contributed by atoms with Gasteiger partial charge in [0, 0.05) is 12.6 Å². The Bertz CT molecular complexity index is 653. The molecule has 0 spiro atoms. The summed E-state index contributed by atoms with van der Waals surface area (Å²) in [6.45, 7) is 8.41.